The van der Waals surface area contributed by atoms with Crippen molar-refractivity contribution >= 4 is 28.1 Å². The highest BCUT2D eigenvalue weighted by Crippen LogP contribution is 2.27. The zero-order chi connectivity index (χ0) is 13.2. The third-order valence-electron chi connectivity index (χ3n) is 3.09. The number of nitrogens with two attached hydrogens (primary N) is 1. The summed E-state index contributed by atoms with van der Waals surface area (Å²) in [5, 5.41) is 4.13. The molecule has 0 aliphatic carbocycles. The number of hydrazine groups is 1. The molecule has 19 heavy (non-hydrogen) atoms. The smallest absolute Gasteiger partial charge is 0.143 e. The number of hydrogen-bond donors (Lipinski definition) is 2. The number of rotatable bonds is 3. The van der Waals surface area contributed by atoms with Gasteiger partial charge < -0.3 is 5.43 Å². The molecule has 2 aromatic heterocycles. The quantitative estimate of drug-likeness (QED) is 0.566. The van der Waals surface area contributed by atoms with E-state index in [1.165, 1.54) is 0 Å². The number of aromatic nitrogens is 2. The minimum Gasteiger partial charge on any atom is -0.308 e. The van der Waals surface area contributed by atoms with Gasteiger partial charge in [-0.25, -0.2) is 15.8 Å². The molecule has 0 amide bonds. The van der Waals surface area contributed by atoms with Crippen molar-refractivity contribution in [3.05, 3.63) is 41.4 Å². The molecular formula is C14H14N4S. The maximum absolute atomic E-state index is 5.50. The third-order valence-corrected chi connectivity index (χ3v) is 3.91. The predicted octanol–water partition coefficient (Wildman–Crippen LogP) is 3.21. The van der Waals surface area contributed by atoms with E-state index < -0.39 is 0 Å². The first kappa shape index (κ1) is 12.1. The average Bonchev–Trinajstić information content (AvgIpc) is 2.99. The number of aryl methyl sites for hydroxylation is 1. The lowest BCUT2D eigenvalue weighted by molar-refractivity contribution is 1.10. The molecule has 0 atom stereocenters. The Balaban J connectivity index is 2.17. The standard InChI is InChI=1S/C14H14N4S/c1-2-9-7-11-8-10(14-16-5-6-19-14)3-4-12(11)17-13(9)18-15/h3-8H,2,15H2,1H3,(H,17,18). The molecule has 0 unspecified atom stereocenters. The van der Waals surface area contributed by atoms with Crippen LogP contribution in [-0.4, -0.2) is 9.97 Å². The Bertz CT molecular complexity index is 707. The number of benzene rings is 1. The van der Waals surface area contributed by atoms with Crippen LogP contribution in [0.25, 0.3) is 21.5 Å². The van der Waals surface area contributed by atoms with Crippen molar-refractivity contribution in [1.29, 1.82) is 0 Å². The maximum atomic E-state index is 5.50. The van der Waals surface area contributed by atoms with E-state index in [4.69, 9.17) is 5.84 Å². The lowest BCUT2D eigenvalue weighted by Crippen LogP contribution is -2.11. The van der Waals surface area contributed by atoms with Crippen LogP contribution in [0.2, 0.25) is 0 Å². The van der Waals surface area contributed by atoms with Crippen molar-refractivity contribution in [2.45, 2.75) is 13.3 Å². The van der Waals surface area contributed by atoms with Crippen molar-refractivity contribution in [1.82, 2.24) is 9.97 Å². The molecule has 0 saturated heterocycles. The first-order valence-corrected chi connectivity index (χ1v) is 7.00. The first-order valence-electron chi connectivity index (χ1n) is 6.12. The van der Waals surface area contributed by atoms with E-state index in [-0.39, 0.29) is 0 Å². The molecule has 3 aromatic rings. The molecule has 0 bridgehead atoms. The van der Waals surface area contributed by atoms with Crippen LogP contribution in [-0.2, 0) is 6.42 Å². The summed E-state index contributed by atoms with van der Waals surface area (Å²) in [6.07, 6.45) is 2.71. The molecule has 2 heterocycles. The lowest BCUT2D eigenvalue weighted by atomic mass is 10.1. The maximum Gasteiger partial charge on any atom is 0.143 e. The normalized spacial score (nSPS) is 10.8. The van der Waals surface area contributed by atoms with Crippen LogP contribution in [0.1, 0.15) is 12.5 Å². The van der Waals surface area contributed by atoms with E-state index in [9.17, 15) is 0 Å². The summed E-state index contributed by atoms with van der Waals surface area (Å²) in [6.45, 7) is 2.09. The number of pyridine rings is 1. The summed E-state index contributed by atoms with van der Waals surface area (Å²) in [6, 6.07) is 8.31. The van der Waals surface area contributed by atoms with Crippen LogP contribution in [0.4, 0.5) is 5.82 Å². The van der Waals surface area contributed by atoms with Crippen molar-refractivity contribution < 1.29 is 0 Å². The highest BCUT2D eigenvalue weighted by atomic mass is 32.1. The number of anilines is 1. The zero-order valence-corrected chi connectivity index (χ0v) is 11.4. The first-order chi connectivity index (χ1) is 9.31. The van der Waals surface area contributed by atoms with Gasteiger partial charge in [-0.1, -0.05) is 6.92 Å². The van der Waals surface area contributed by atoms with Gasteiger partial charge in [0, 0.05) is 22.5 Å². The molecule has 1 aromatic carbocycles. The number of thiazole rings is 1. The molecule has 3 rings (SSSR count). The van der Waals surface area contributed by atoms with Gasteiger partial charge in [0.2, 0.25) is 0 Å². The van der Waals surface area contributed by atoms with Crippen molar-refractivity contribution in [3.8, 4) is 10.6 Å². The van der Waals surface area contributed by atoms with Gasteiger partial charge in [-0.15, -0.1) is 11.3 Å². The van der Waals surface area contributed by atoms with Crippen LogP contribution in [0, 0.1) is 0 Å². The zero-order valence-electron chi connectivity index (χ0n) is 10.6. The van der Waals surface area contributed by atoms with E-state index in [2.05, 4.69) is 34.5 Å². The second kappa shape index (κ2) is 4.95. The monoisotopic (exact) mass is 270 g/mol. The lowest BCUT2D eigenvalue weighted by Gasteiger charge is -2.08. The largest absolute Gasteiger partial charge is 0.308 e. The van der Waals surface area contributed by atoms with Crippen molar-refractivity contribution in [2.75, 3.05) is 5.43 Å². The Morgan fingerprint density at radius 3 is 2.89 bits per heavy atom. The number of fused-ring (bicyclic) bond motifs is 1. The third kappa shape index (κ3) is 2.18. The van der Waals surface area contributed by atoms with Gasteiger partial charge in [0.05, 0.1) is 5.52 Å². The topological polar surface area (TPSA) is 63.8 Å². The Kier molecular flexibility index (Phi) is 3.15. The summed E-state index contributed by atoms with van der Waals surface area (Å²) >= 11 is 1.64. The molecule has 4 nitrogen and oxygen atoms in total. The van der Waals surface area contributed by atoms with E-state index in [0.29, 0.717) is 0 Å². The Labute approximate surface area is 115 Å². The molecule has 5 heteroatoms. The van der Waals surface area contributed by atoms with Gasteiger partial charge >= 0.3 is 0 Å². The predicted molar refractivity (Wildman–Crippen MR) is 80.0 cm³/mol. The number of hydrogen-bond acceptors (Lipinski definition) is 5. The average molecular weight is 270 g/mol. The van der Waals surface area contributed by atoms with Crippen LogP contribution >= 0.6 is 11.3 Å². The van der Waals surface area contributed by atoms with Gasteiger partial charge in [0.1, 0.15) is 10.8 Å². The van der Waals surface area contributed by atoms with Crippen LogP contribution in [0.5, 0.6) is 0 Å². The van der Waals surface area contributed by atoms with Crippen LogP contribution in [0.3, 0.4) is 0 Å². The SMILES string of the molecule is CCc1cc2cc(-c3nccs3)ccc2nc1NN. The fourth-order valence-electron chi connectivity index (χ4n) is 2.11. The summed E-state index contributed by atoms with van der Waals surface area (Å²) in [7, 11) is 0. The van der Waals surface area contributed by atoms with E-state index in [1.807, 2.05) is 23.7 Å². The minimum atomic E-state index is 0.747. The highest BCUT2D eigenvalue weighted by Gasteiger charge is 2.07. The molecule has 96 valence electrons. The fraction of sp³-hybridized carbons (Fsp3) is 0.143. The van der Waals surface area contributed by atoms with Gasteiger partial charge in [-0.3, -0.25) is 0 Å². The van der Waals surface area contributed by atoms with Gasteiger partial charge in [-0.05, 0) is 36.2 Å². The Morgan fingerprint density at radius 1 is 1.32 bits per heavy atom. The van der Waals surface area contributed by atoms with E-state index >= 15 is 0 Å². The molecule has 0 saturated carbocycles. The van der Waals surface area contributed by atoms with Crippen molar-refractivity contribution in [2.24, 2.45) is 5.84 Å². The molecule has 0 radical (unpaired) electrons. The second-order valence-corrected chi connectivity index (χ2v) is 5.13. The molecule has 0 aliphatic heterocycles. The van der Waals surface area contributed by atoms with Crippen LogP contribution < -0.4 is 11.3 Å². The Hall–Kier alpha value is -1.98. The molecule has 0 fully saturated rings. The van der Waals surface area contributed by atoms with Crippen molar-refractivity contribution in [3.63, 3.8) is 0 Å². The summed E-state index contributed by atoms with van der Waals surface area (Å²) in [5.74, 6) is 6.25. The molecule has 0 aliphatic rings. The number of nitrogens with zero attached hydrogens (tertiary/aromatic N) is 2. The van der Waals surface area contributed by atoms with Gasteiger partial charge in [0.15, 0.2) is 0 Å². The highest BCUT2D eigenvalue weighted by molar-refractivity contribution is 7.13. The van der Waals surface area contributed by atoms with E-state index in [0.717, 1.165) is 39.3 Å². The Morgan fingerprint density at radius 2 is 2.21 bits per heavy atom. The molecule has 3 N–H and O–H groups in total. The van der Waals surface area contributed by atoms with Crippen LogP contribution in [0.15, 0.2) is 35.8 Å². The van der Waals surface area contributed by atoms with Gasteiger partial charge in [0.25, 0.3) is 0 Å². The summed E-state index contributed by atoms with van der Waals surface area (Å²) in [4.78, 5) is 8.87. The summed E-state index contributed by atoms with van der Waals surface area (Å²) in [5.41, 5.74) is 5.84. The minimum absolute atomic E-state index is 0.747. The fourth-order valence-corrected chi connectivity index (χ4v) is 2.75. The number of nitrogens with one attached hydrogen (secondary N) is 1. The molecular weight excluding hydrogens is 256 g/mol. The van der Waals surface area contributed by atoms with Gasteiger partial charge in [-0.2, -0.15) is 0 Å². The second-order valence-electron chi connectivity index (χ2n) is 4.24. The summed E-state index contributed by atoms with van der Waals surface area (Å²) < 4.78 is 0. The number of nitrogen functional groups attached to an aromatic ring is 1. The molecule has 0 spiro atoms. The van der Waals surface area contributed by atoms with E-state index in [1.54, 1.807) is 11.3 Å².